The van der Waals surface area contributed by atoms with Crippen molar-refractivity contribution in [2.24, 2.45) is 5.92 Å². The van der Waals surface area contributed by atoms with Crippen molar-refractivity contribution in [2.45, 2.75) is 39.7 Å². The van der Waals surface area contributed by atoms with Crippen LogP contribution in [0.15, 0.2) is 6.07 Å². The fourth-order valence-corrected chi connectivity index (χ4v) is 4.37. The highest BCUT2D eigenvalue weighted by Crippen LogP contribution is 2.18. The second kappa shape index (κ2) is 6.17. The van der Waals surface area contributed by atoms with Crippen LogP contribution in [0.4, 0.5) is 0 Å². The van der Waals surface area contributed by atoms with Gasteiger partial charge < -0.3 is 5.32 Å². The molecule has 0 saturated carbocycles. The molecule has 1 fully saturated rings. The second-order valence-corrected chi connectivity index (χ2v) is 8.13. The van der Waals surface area contributed by atoms with Gasteiger partial charge >= 0.3 is 0 Å². The number of nitrogens with zero attached hydrogens (tertiary/aromatic N) is 2. The molecule has 21 heavy (non-hydrogen) atoms. The zero-order valence-electron chi connectivity index (χ0n) is 12.8. The minimum absolute atomic E-state index is 0.0292. The van der Waals surface area contributed by atoms with Crippen molar-refractivity contribution in [3.05, 3.63) is 17.5 Å². The van der Waals surface area contributed by atoms with E-state index in [9.17, 15) is 13.2 Å². The number of amides is 1. The van der Waals surface area contributed by atoms with Crippen LogP contribution in [0, 0.1) is 5.92 Å². The first-order valence-corrected chi connectivity index (χ1v) is 9.21. The first kappa shape index (κ1) is 16.0. The molecule has 0 radical (unpaired) electrons. The van der Waals surface area contributed by atoms with Gasteiger partial charge in [-0.15, -0.1) is 0 Å². The number of hydrogen-bond donors (Lipinski definition) is 1. The first-order chi connectivity index (χ1) is 9.82. The predicted molar refractivity (Wildman–Crippen MR) is 81.1 cm³/mol. The summed E-state index contributed by atoms with van der Waals surface area (Å²) in [5, 5.41) is 7.25. The molecule has 6 nitrogen and oxygen atoms in total. The average molecular weight is 313 g/mol. The van der Waals surface area contributed by atoms with Crippen LogP contribution >= 0.6 is 0 Å². The van der Waals surface area contributed by atoms with Crippen LogP contribution < -0.4 is 5.32 Å². The van der Waals surface area contributed by atoms with Gasteiger partial charge in [0.15, 0.2) is 9.84 Å². The quantitative estimate of drug-likeness (QED) is 0.885. The highest BCUT2D eigenvalue weighted by Gasteiger charge is 2.28. The largest absolute Gasteiger partial charge is 0.350 e. The molecule has 118 valence electrons. The summed E-state index contributed by atoms with van der Waals surface area (Å²) in [6, 6.07) is 1.81. The summed E-state index contributed by atoms with van der Waals surface area (Å²) in [5.74, 6) is 0.529. The monoisotopic (exact) mass is 313 g/mol. The minimum Gasteiger partial charge on any atom is -0.350 e. The molecule has 1 aliphatic rings. The SMILES string of the molecule is CCn1nc(C(C)C)cc1C(=O)NCC1CCS(=O)(=O)C1. The van der Waals surface area contributed by atoms with Gasteiger partial charge in [0.1, 0.15) is 5.69 Å². The van der Waals surface area contributed by atoms with Crippen molar-refractivity contribution in [2.75, 3.05) is 18.1 Å². The van der Waals surface area contributed by atoms with E-state index < -0.39 is 9.84 Å². The Morgan fingerprint density at radius 2 is 2.24 bits per heavy atom. The summed E-state index contributed by atoms with van der Waals surface area (Å²) < 4.78 is 24.5. The Bertz CT molecular complexity index is 619. The molecule has 1 aromatic heterocycles. The Kier molecular flexibility index (Phi) is 4.70. The predicted octanol–water partition coefficient (Wildman–Crippen LogP) is 1.19. The molecule has 1 aromatic rings. The van der Waals surface area contributed by atoms with Crippen LogP contribution in [0.3, 0.4) is 0 Å². The van der Waals surface area contributed by atoms with Gasteiger partial charge in [0.05, 0.1) is 17.2 Å². The summed E-state index contributed by atoms with van der Waals surface area (Å²) in [5.41, 5.74) is 1.44. The van der Waals surface area contributed by atoms with Crippen LogP contribution in [0.1, 0.15) is 49.3 Å². The summed E-state index contributed by atoms with van der Waals surface area (Å²) in [7, 11) is -2.90. The molecular formula is C14H23N3O3S. The maximum Gasteiger partial charge on any atom is 0.269 e. The highest BCUT2D eigenvalue weighted by molar-refractivity contribution is 7.91. The van der Waals surface area contributed by atoms with E-state index in [1.165, 1.54) is 0 Å². The highest BCUT2D eigenvalue weighted by atomic mass is 32.2. The number of nitrogens with one attached hydrogen (secondary N) is 1. The zero-order valence-corrected chi connectivity index (χ0v) is 13.6. The average Bonchev–Trinajstić information content (AvgIpc) is 2.99. The number of sulfone groups is 1. The molecule has 7 heteroatoms. The Hall–Kier alpha value is -1.37. The fourth-order valence-electron chi connectivity index (χ4n) is 2.50. The molecule has 2 heterocycles. The van der Waals surface area contributed by atoms with Crippen molar-refractivity contribution < 1.29 is 13.2 Å². The second-order valence-electron chi connectivity index (χ2n) is 5.90. The maximum absolute atomic E-state index is 12.3. The summed E-state index contributed by atoms with van der Waals surface area (Å²) in [6.45, 7) is 7.05. The zero-order chi connectivity index (χ0) is 15.6. The summed E-state index contributed by atoms with van der Waals surface area (Å²) in [4.78, 5) is 12.3. The summed E-state index contributed by atoms with van der Waals surface area (Å²) >= 11 is 0. The molecule has 1 unspecified atom stereocenters. The Balaban J connectivity index is 2.00. The molecule has 0 spiro atoms. The van der Waals surface area contributed by atoms with Gasteiger partial charge in [0.25, 0.3) is 5.91 Å². The smallest absolute Gasteiger partial charge is 0.269 e. The fraction of sp³-hybridized carbons (Fsp3) is 0.714. The van der Waals surface area contributed by atoms with E-state index in [-0.39, 0.29) is 29.2 Å². The first-order valence-electron chi connectivity index (χ1n) is 7.38. The van der Waals surface area contributed by atoms with Crippen LogP contribution in [0.25, 0.3) is 0 Å². The molecule has 0 aliphatic carbocycles. The van der Waals surface area contributed by atoms with E-state index in [0.29, 0.717) is 25.2 Å². The van der Waals surface area contributed by atoms with Crippen molar-refractivity contribution in [1.82, 2.24) is 15.1 Å². The van der Waals surface area contributed by atoms with E-state index in [4.69, 9.17) is 0 Å². The van der Waals surface area contributed by atoms with Gasteiger partial charge in [-0.1, -0.05) is 13.8 Å². The van der Waals surface area contributed by atoms with Crippen LogP contribution in [0.5, 0.6) is 0 Å². The van der Waals surface area contributed by atoms with E-state index >= 15 is 0 Å². The van der Waals surface area contributed by atoms with E-state index in [2.05, 4.69) is 10.4 Å². The summed E-state index contributed by atoms with van der Waals surface area (Å²) in [6.07, 6.45) is 0.632. The number of aryl methyl sites for hydroxylation is 1. The molecule has 0 aromatic carbocycles. The molecule has 1 N–H and O–H groups in total. The molecule has 0 bridgehead atoms. The normalized spacial score (nSPS) is 20.9. The number of hydrogen-bond acceptors (Lipinski definition) is 4. The Morgan fingerprint density at radius 3 is 2.76 bits per heavy atom. The number of aromatic nitrogens is 2. The topological polar surface area (TPSA) is 81.1 Å². The lowest BCUT2D eigenvalue weighted by Crippen LogP contribution is -2.31. The van der Waals surface area contributed by atoms with Gasteiger partial charge in [-0.25, -0.2) is 8.42 Å². The molecule has 1 amide bonds. The number of carbonyl (C=O) groups is 1. The van der Waals surface area contributed by atoms with Crippen molar-refractivity contribution in [1.29, 1.82) is 0 Å². The molecular weight excluding hydrogens is 290 g/mol. The van der Waals surface area contributed by atoms with Gasteiger partial charge in [-0.2, -0.15) is 5.10 Å². The molecule has 1 atom stereocenters. The molecule has 1 saturated heterocycles. The van der Waals surface area contributed by atoms with Crippen LogP contribution in [-0.2, 0) is 16.4 Å². The third-order valence-electron chi connectivity index (χ3n) is 3.80. The third-order valence-corrected chi connectivity index (χ3v) is 5.64. The van der Waals surface area contributed by atoms with E-state index in [1.54, 1.807) is 4.68 Å². The minimum atomic E-state index is -2.90. The van der Waals surface area contributed by atoms with Crippen molar-refractivity contribution in [3.8, 4) is 0 Å². The van der Waals surface area contributed by atoms with Crippen LogP contribution in [-0.4, -0.2) is 42.2 Å². The maximum atomic E-state index is 12.3. The molecule has 2 rings (SSSR count). The van der Waals surface area contributed by atoms with E-state index in [1.807, 2.05) is 26.8 Å². The standard InChI is InChI=1S/C14H23N3O3S/c1-4-17-13(7-12(16-17)10(2)3)14(18)15-8-11-5-6-21(19,20)9-11/h7,10-11H,4-6,8-9H2,1-3H3,(H,15,18). The third kappa shape index (κ3) is 3.84. The van der Waals surface area contributed by atoms with Crippen molar-refractivity contribution in [3.63, 3.8) is 0 Å². The molecule has 1 aliphatic heterocycles. The van der Waals surface area contributed by atoms with Gasteiger partial charge in [0.2, 0.25) is 0 Å². The Labute approximate surface area is 125 Å². The lowest BCUT2D eigenvalue weighted by Gasteiger charge is -2.10. The van der Waals surface area contributed by atoms with Gasteiger partial charge in [0, 0.05) is 13.1 Å². The Morgan fingerprint density at radius 1 is 1.52 bits per heavy atom. The van der Waals surface area contributed by atoms with Gasteiger partial charge in [-0.3, -0.25) is 9.48 Å². The lowest BCUT2D eigenvalue weighted by molar-refractivity contribution is 0.0937. The van der Waals surface area contributed by atoms with E-state index in [0.717, 1.165) is 5.69 Å². The van der Waals surface area contributed by atoms with Crippen LogP contribution in [0.2, 0.25) is 0 Å². The number of carbonyl (C=O) groups excluding carboxylic acids is 1. The lowest BCUT2D eigenvalue weighted by atomic mass is 10.1. The van der Waals surface area contributed by atoms with Crippen molar-refractivity contribution >= 4 is 15.7 Å². The van der Waals surface area contributed by atoms with Gasteiger partial charge in [-0.05, 0) is 31.2 Å². The number of rotatable bonds is 5.